The molecule has 2 aromatic heterocycles. The lowest BCUT2D eigenvalue weighted by atomic mass is 10.5. The Kier molecular flexibility index (Phi) is 4.54. The topological polar surface area (TPSA) is 59.1 Å². The van der Waals surface area contributed by atoms with Crippen LogP contribution < -0.4 is 4.72 Å². The summed E-state index contributed by atoms with van der Waals surface area (Å²) in [5.41, 5.74) is 0. The van der Waals surface area contributed by atoms with Crippen molar-refractivity contribution in [2.75, 3.05) is 0 Å². The molecule has 18 heavy (non-hydrogen) atoms. The van der Waals surface area contributed by atoms with Crippen LogP contribution in [0.2, 0.25) is 0 Å². The van der Waals surface area contributed by atoms with E-state index in [0.29, 0.717) is 4.47 Å². The molecule has 8 heteroatoms. The molecule has 4 nitrogen and oxygen atoms in total. The van der Waals surface area contributed by atoms with E-state index in [1.165, 1.54) is 29.8 Å². The molecule has 0 aliphatic heterocycles. The summed E-state index contributed by atoms with van der Waals surface area (Å²) in [4.78, 5) is 4.92. The third kappa shape index (κ3) is 3.39. The van der Waals surface area contributed by atoms with Crippen molar-refractivity contribution in [1.29, 1.82) is 0 Å². The SMILES string of the molecule is O=S(=O)(NCc1sccc1Br)c1cncc(Br)c1. The number of pyridine rings is 1. The fourth-order valence-corrected chi connectivity index (χ4v) is 4.26. The standard InChI is InChI=1S/C10H8Br2N2O2S2/c11-7-3-8(5-13-4-7)18(15,16)14-6-10-9(12)1-2-17-10/h1-5,14H,6H2. The van der Waals surface area contributed by atoms with E-state index in [1.807, 2.05) is 11.4 Å². The summed E-state index contributed by atoms with van der Waals surface area (Å²) >= 11 is 8.04. The Morgan fingerprint density at radius 2 is 2.11 bits per heavy atom. The number of thiophene rings is 1. The molecule has 0 unspecified atom stereocenters. The highest BCUT2D eigenvalue weighted by Crippen LogP contribution is 2.23. The molecule has 0 spiro atoms. The smallest absolute Gasteiger partial charge is 0.242 e. The molecule has 2 heterocycles. The van der Waals surface area contributed by atoms with Crippen molar-refractivity contribution in [3.8, 4) is 0 Å². The predicted octanol–water partition coefficient (Wildman–Crippen LogP) is 3.15. The van der Waals surface area contributed by atoms with Crippen molar-refractivity contribution in [2.24, 2.45) is 0 Å². The third-order valence-corrected chi connectivity index (χ3v) is 5.83. The number of rotatable bonds is 4. The summed E-state index contributed by atoms with van der Waals surface area (Å²) in [6.45, 7) is 0.257. The normalized spacial score (nSPS) is 11.7. The molecule has 1 N–H and O–H groups in total. The first-order chi connectivity index (χ1) is 8.49. The lowest BCUT2D eigenvalue weighted by Gasteiger charge is -2.05. The van der Waals surface area contributed by atoms with E-state index < -0.39 is 10.0 Å². The molecule has 2 aromatic rings. The second-order valence-corrected chi connectivity index (χ2v) is 7.89. The second-order valence-electron chi connectivity index (χ2n) is 3.36. The number of hydrogen-bond acceptors (Lipinski definition) is 4. The van der Waals surface area contributed by atoms with Gasteiger partial charge in [-0.15, -0.1) is 11.3 Å². The fourth-order valence-electron chi connectivity index (χ4n) is 1.23. The number of sulfonamides is 1. The maximum Gasteiger partial charge on any atom is 0.242 e. The third-order valence-electron chi connectivity index (χ3n) is 2.10. The first-order valence-electron chi connectivity index (χ1n) is 4.81. The van der Waals surface area contributed by atoms with Gasteiger partial charge in [0, 0.05) is 32.8 Å². The number of halogens is 2. The Morgan fingerprint density at radius 1 is 1.33 bits per heavy atom. The van der Waals surface area contributed by atoms with Crippen molar-refractivity contribution in [3.05, 3.63) is 43.7 Å². The van der Waals surface area contributed by atoms with Crippen LogP contribution in [0.3, 0.4) is 0 Å². The Hall–Kier alpha value is -0.280. The average Bonchev–Trinajstić information content (AvgIpc) is 2.72. The van der Waals surface area contributed by atoms with Crippen molar-refractivity contribution < 1.29 is 8.42 Å². The highest BCUT2D eigenvalue weighted by atomic mass is 79.9. The van der Waals surface area contributed by atoms with Gasteiger partial charge in [0.2, 0.25) is 10.0 Å². The van der Waals surface area contributed by atoms with Gasteiger partial charge in [-0.1, -0.05) is 0 Å². The number of aromatic nitrogens is 1. The van der Waals surface area contributed by atoms with E-state index in [1.54, 1.807) is 0 Å². The lowest BCUT2D eigenvalue weighted by molar-refractivity contribution is 0.581. The van der Waals surface area contributed by atoms with Crippen LogP contribution in [-0.4, -0.2) is 13.4 Å². The van der Waals surface area contributed by atoms with Crippen LogP contribution in [0.1, 0.15) is 4.88 Å². The lowest BCUT2D eigenvalue weighted by Crippen LogP contribution is -2.23. The molecule has 0 saturated heterocycles. The molecule has 0 aliphatic rings. The van der Waals surface area contributed by atoms with Crippen molar-refractivity contribution in [3.63, 3.8) is 0 Å². The molecule has 0 aliphatic carbocycles. The van der Waals surface area contributed by atoms with Crippen molar-refractivity contribution in [2.45, 2.75) is 11.4 Å². The van der Waals surface area contributed by atoms with Gasteiger partial charge in [0.15, 0.2) is 0 Å². The highest BCUT2D eigenvalue weighted by molar-refractivity contribution is 9.10. The van der Waals surface area contributed by atoms with Crippen LogP contribution in [0, 0.1) is 0 Å². The van der Waals surface area contributed by atoms with E-state index in [-0.39, 0.29) is 11.4 Å². The molecule has 0 amide bonds. The van der Waals surface area contributed by atoms with Crippen LogP contribution in [0.5, 0.6) is 0 Å². The summed E-state index contributed by atoms with van der Waals surface area (Å²) < 4.78 is 28.1. The van der Waals surface area contributed by atoms with Crippen LogP contribution in [0.15, 0.2) is 43.7 Å². The number of hydrogen-bond donors (Lipinski definition) is 1. The summed E-state index contributed by atoms with van der Waals surface area (Å²) in [5, 5.41) is 1.90. The fraction of sp³-hybridized carbons (Fsp3) is 0.100. The van der Waals surface area contributed by atoms with Gasteiger partial charge in [-0.3, -0.25) is 4.98 Å². The van der Waals surface area contributed by atoms with Gasteiger partial charge < -0.3 is 0 Å². The molecule has 0 bridgehead atoms. The zero-order chi connectivity index (χ0) is 13.2. The van der Waals surface area contributed by atoms with E-state index in [9.17, 15) is 8.42 Å². The largest absolute Gasteiger partial charge is 0.262 e. The molecule has 2 rings (SSSR count). The van der Waals surface area contributed by atoms with Gasteiger partial charge in [-0.25, -0.2) is 13.1 Å². The molecule has 0 fully saturated rings. The van der Waals surface area contributed by atoms with Gasteiger partial charge in [-0.05, 0) is 49.4 Å². The number of nitrogens with one attached hydrogen (secondary N) is 1. The summed E-state index contributed by atoms with van der Waals surface area (Å²) in [6, 6.07) is 3.40. The maximum atomic E-state index is 12.0. The van der Waals surface area contributed by atoms with Crippen LogP contribution in [0.4, 0.5) is 0 Å². The van der Waals surface area contributed by atoms with Gasteiger partial charge in [0.05, 0.1) is 0 Å². The molecule has 96 valence electrons. The predicted molar refractivity (Wildman–Crippen MR) is 78.0 cm³/mol. The van der Waals surface area contributed by atoms with E-state index in [0.717, 1.165) is 9.35 Å². The molecule has 0 atom stereocenters. The zero-order valence-electron chi connectivity index (χ0n) is 8.93. The average molecular weight is 412 g/mol. The molecular weight excluding hydrogens is 404 g/mol. The molecule has 0 saturated carbocycles. The minimum Gasteiger partial charge on any atom is -0.262 e. The first kappa shape index (κ1) is 14.1. The van der Waals surface area contributed by atoms with Gasteiger partial charge >= 0.3 is 0 Å². The Balaban J connectivity index is 2.16. The van der Waals surface area contributed by atoms with E-state index in [2.05, 4.69) is 41.6 Å². The molecule has 0 radical (unpaired) electrons. The summed E-state index contributed by atoms with van der Waals surface area (Å²) in [7, 11) is -3.53. The van der Waals surface area contributed by atoms with E-state index in [4.69, 9.17) is 0 Å². The van der Waals surface area contributed by atoms with Gasteiger partial charge in [-0.2, -0.15) is 0 Å². The van der Waals surface area contributed by atoms with Crippen molar-refractivity contribution >= 4 is 53.2 Å². The quantitative estimate of drug-likeness (QED) is 0.840. The minimum atomic E-state index is -3.53. The zero-order valence-corrected chi connectivity index (χ0v) is 13.7. The van der Waals surface area contributed by atoms with Crippen LogP contribution in [-0.2, 0) is 16.6 Å². The Bertz CT molecular complexity index is 655. The van der Waals surface area contributed by atoms with Crippen LogP contribution >= 0.6 is 43.2 Å². The van der Waals surface area contributed by atoms with E-state index >= 15 is 0 Å². The minimum absolute atomic E-state index is 0.143. The van der Waals surface area contributed by atoms with Crippen molar-refractivity contribution in [1.82, 2.24) is 9.71 Å². The highest BCUT2D eigenvalue weighted by Gasteiger charge is 2.15. The van der Waals surface area contributed by atoms with Crippen LogP contribution in [0.25, 0.3) is 0 Å². The summed E-state index contributed by atoms with van der Waals surface area (Å²) in [5.74, 6) is 0. The Morgan fingerprint density at radius 3 is 2.72 bits per heavy atom. The maximum absolute atomic E-state index is 12.0. The first-order valence-corrected chi connectivity index (χ1v) is 8.76. The number of nitrogens with zero attached hydrogens (tertiary/aromatic N) is 1. The monoisotopic (exact) mass is 410 g/mol. The van der Waals surface area contributed by atoms with Gasteiger partial charge in [0.25, 0.3) is 0 Å². The van der Waals surface area contributed by atoms with Gasteiger partial charge in [0.1, 0.15) is 4.90 Å². The summed E-state index contributed by atoms with van der Waals surface area (Å²) in [6.07, 6.45) is 2.85. The molecule has 0 aromatic carbocycles. The Labute approximate surface area is 126 Å². The molecular formula is C10H8Br2N2O2S2. The second kappa shape index (κ2) is 5.79.